The summed E-state index contributed by atoms with van der Waals surface area (Å²) in [4.78, 5) is 0. The minimum Gasteiger partial charge on any atom is -0.399 e. The van der Waals surface area contributed by atoms with E-state index in [9.17, 15) is 0 Å². The molecule has 0 saturated carbocycles. The molecule has 1 heterocycles. The summed E-state index contributed by atoms with van der Waals surface area (Å²) in [6.45, 7) is 4.21. The van der Waals surface area contributed by atoms with E-state index in [1.807, 2.05) is 24.7 Å². The van der Waals surface area contributed by atoms with Gasteiger partial charge in [0.05, 0.1) is 5.69 Å². The average Bonchev–Trinajstić information content (AvgIpc) is 2.64. The molecule has 90 valence electrons. The molecule has 1 aromatic carbocycles. The van der Waals surface area contributed by atoms with Crippen molar-refractivity contribution in [3.8, 4) is 11.1 Å². The molecule has 0 atom stereocenters. The predicted molar refractivity (Wildman–Crippen MR) is 71.8 cm³/mol. The van der Waals surface area contributed by atoms with E-state index in [1.165, 1.54) is 16.8 Å². The Hall–Kier alpha value is -1.77. The van der Waals surface area contributed by atoms with Crippen LogP contribution in [0.1, 0.15) is 24.6 Å². The van der Waals surface area contributed by atoms with Crippen molar-refractivity contribution < 1.29 is 0 Å². The Kier molecular flexibility index (Phi) is 3.18. The molecule has 2 N–H and O–H groups in total. The van der Waals surface area contributed by atoms with Gasteiger partial charge in [-0.1, -0.05) is 19.4 Å². The second kappa shape index (κ2) is 4.62. The van der Waals surface area contributed by atoms with Gasteiger partial charge in [-0.3, -0.25) is 4.68 Å². The van der Waals surface area contributed by atoms with Gasteiger partial charge in [-0.25, -0.2) is 0 Å². The smallest absolute Gasteiger partial charge is 0.0702 e. The molecule has 0 amide bonds. The van der Waals surface area contributed by atoms with Crippen LogP contribution in [0.15, 0.2) is 24.4 Å². The van der Waals surface area contributed by atoms with Gasteiger partial charge < -0.3 is 5.73 Å². The second-order valence-electron chi connectivity index (χ2n) is 4.48. The standard InChI is InChI=1S/C14H19N3/c1-4-5-14-12(9-17(3)16-14)11-6-7-13(15)10(2)8-11/h6-9H,4-5,15H2,1-3H3. The van der Waals surface area contributed by atoms with Gasteiger partial charge in [0.2, 0.25) is 0 Å². The molecular weight excluding hydrogens is 210 g/mol. The lowest BCUT2D eigenvalue weighted by Gasteiger charge is -2.05. The lowest BCUT2D eigenvalue weighted by atomic mass is 10.0. The monoisotopic (exact) mass is 229 g/mol. The van der Waals surface area contributed by atoms with Gasteiger partial charge >= 0.3 is 0 Å². The maximum Gasteiger partial charge on any atom is 0.0702 e. The first-order valence-electron chi connectivity index (χ1n) is 6.01. The highest BCUT2D eigenvalue weighted by Gasteiger charge is 2.09. The van der Waals surface area contributed by atoms with Crippen molar-refractivity contribution >= 4 is 5.69 Å². The number of hydrogen-bond acceptors (Lipinski definition) is 2. The van der Waals surface area contributed by atoms with Gasteiger partial charge in [-0.2, -0.15) is 5.10 Å². The molecular formula is C14H19N3. The SMILES string of the molecule is CCCc1nn(C)cc1-c1ccc(N)c(C)c1. The fraction of sp³-hybridized carbons (Fsp3) is 0.357. The van der Waals surface area contributed by atoms with Crippen LogP contribution in [0.25, 0.3) is 11.1 Å². The number of anilines is 1. The number of hydrogen-bond donors (Lipinski definition) is 1. The van der Waals surface area contributed by atoms with Crippen LogP contribution < -0.4 is 5.73 Å². The summed E-state index contributed by atoms with van der Waals surface area (Å²) in [6, 6.07) is 6.16. The molecule has 0 bridgehead atoms. The molecule has 0 unspecified atom stereocenters. The summed E-state index contributed by atoms with van der Waals surface area (Å²) >= 11 is 0. The summed E-state index contributed by atoms with van der Waals surface area (Å²) in [5.41, 5.74) is 11.4. The van der Waals surface area contributed by atoms with Crippen molar-refractivity contribution in [2.45, 2.75) is 26.7 Å². The summed E-state index contributed by atoms with van der Waals surface area (Å²) < 4.78 is 1.88. The highest BCUT2D eigenvalue weighted by atomic mass is 15.2. The first-order chi connectivity index (χ1) is 8.11. The Morgan fingerprint density at radius 1 is 1.35 bits per heavy atom. The zero-order valence-corrected chi connectivity index (χ0v) is 10.7. The molecule has 0 radical (unpaired) electrons. The average molecular weight is 229 g/mol. The third-order valence-corrected chi connectivity index (χ3v) is 2.97. The number of nitrogen functional groups attached to an aromatic ring is 1. The van der Waals surface area contributed by atoms with E-state index < -0.39 is 0 Å². The number of aromatic nitrogens is 2. The van der Waals surface area contributed by atoms with Crippen molar-refractivity contribution in [1.82, 2.24) is 9.78 Å². The van der Waals surface area contributed by atoms with Crippen molar-refractivity contribution in [2.24, 2.45) is 7.05 Å². The van der Waals surface area contributed by atoms with E-state index in [-0.39, 0.29) is 0 Å². The van der Waals surface area contributed by atoms with Crippen molar-refractivity contribution in [1.29, 1.82) is 0 Å². The Bertz CT molecular complexity index is 526. The van der Waals surface area contributed by atoms with Crippen molar-refractivity contribution in [3.63, 3.8) is 0 Å². The van der Waals surface area contributed by atoms with Gasteiger partial charge in [0.25, 0.3) is 0 Å². The topological polar surface area (TPSA) is 43.8 Å². The fourth-order valence-electron chi connectivity index (χ4n) is 2.04. The first kappa shape index (κ1) is 11.7. The molecule has 17 heavy (non-hydrogen) atoms. The molecule has 0 aliphatic rings. The molecule has 0 saturated heterocycles. The van der Waals surface area contributed by atoms with E-state index in [2.05, 4.69) is 30.4 Å². The van der Waals surface area contributed by atoms with Gasteiger partial charge in [-0.05, 0) is 36.6 Å². The van der Waals surface area contributed by atoms with Crippen LogP contribution in [0.2, 0.25) is 0 Å². The van der Waals surface area contributed by atoms with Gasteiger partial charge in [0.1, 0.15) is 0 Å². The molecule has 0 spiro atoms. The Morgan fingerprint density at radius 3 is 2.76 bits per heavy atom. The van der Waals surface area contributed by atoms with Crippen LogP contribution >= 0.6 is 0 Å². The third kappa shape index (κ3) is 2.33. The largest absolute Gasteiger partial charge is 0.399 e. The maximum absolute atomic E-state index is 5.85. The quantitative estimate of drug-likeness (QED) is 0.822. The van der Waals surface area contributed by atoms with Gasteiger partial charge in [-0.15, -0.1) is 0 Å². The number of rotatable bonds is 3. The minimum atomic E-state index is 0.842. The summed E-state index contributed by atoms with van der Waals surface area (Å²) in [7, 11) is 1.97. The molecule has 0 fully saturated rings. The van der Waals surface area contributed by atoms with E-state index in [0.717, 1.165) is 24.1 Å². The summed E-state index contributed by atoms with van der Waals surface area (Å²) in [5, 5.41) is 4.51. The third-order valence-electron chi connectivity index (χ3n) is 2.97. The molecule has 3 heteroatoms. The van der Waals surface area contributed by atoms with Crippen LogP contribution in [0.4, 0.5) is 5.69 Å². The normalized spacial score (nSPS) is 10.8. The van der Waals surface area contributed by atoms with Gasteiger partial charge in [0.15, 0.2) is 0 Å². The Balaban J connectivity index is 2.47. The van der Waals surface area contributed by atoms with Crippen LogP contribution in [0.5, 0.6) is 0 Å². The molecule has 0 aliphatic carbocycles. The molecule has 3 nitrogen and oxygen atoms in total. The zero-order valence-electron chi connectivity index (χ0n) is 10.7. The van der Waals surface area contributed by atoms with Crippen LogP contribution in [0.3, 0.4) is 0 Å². The molecule has 2 rings (SSSR count). The highest BCUT2D eigenvalue weighted by Crippen LogP contribution is 2.26. The molecule has 2 aromatic rings. The molecule has 0 aliphatic heterocycles. The van der Waals surface area contributed by atoms with Crippen LogP contribution in [-0.2, 0) is 13.5 Å². The van der Waals surface area contributed by atoms with Crippen molar-refractivity contribution in [3.05, 3.63) is 35.7 Å². The lowest BCUT2D eigenvalue weighted by Crippen LogP contribution is -1.92. The number of benzene rings is 1. The van der Waals surface area contributed by atoms with Crippen molar-refractivity contribution in [2.75, 3.05) is 5.73 Å². The van der Waals surface area contributed by atoms with E-state index in [4.69, 9.17) is 5.73 Å². The van der Waals surface area contributed by atoms with E-state index in [0.29, 0.717) is 0 Å². The van der Waals surface area contributed by atoms with Crippen LogP contribution in [-0.4, -0.2) is 9.78 Å². The van der Waals surface area contributed by atoms with E-state index >= 15 is 0 Å². The number of nitrogens with two attached hydrogens (primary N) is 1. The Morgan fingerprint density at radius 2 is 2.12 bits per heavy atom. The van der Waals surface area contributed by atoms with Gasteiger partial charge in [0, 0.05) is 24.5 Å². The van der Waals surface area contributed by atoms with Crippen LogP contribution in [0, 0.1) is 6.92 Å². The second-order valence-corrected chi connectivity index (χ2v) is 4.48. The lowest BCUT2D eigenvalue weighted by molar-refractivity contribution is 0.733. The fourth-order valence-corrected chi connectivity index (χ4v) is 2.04. The summed E-state index contributed by atoms with van der Waals surface area (Å²) in [6.07, 6.45) is 4.20. The first-order valence-corrected chi connectivity index (χ1v) is 6.01. The Labute approximate surface area is 102 Å². The number of nitrogens with zero attached hydrogens (tertiary/aromatic N) is 2. The molecule has 1 aromatic heterocycles. The zero-order chi connectivity index (χ0) is 12.4. The number of aryl methyl sites for hydroxylation is 3. The van der Waals surface area contributed by atoms with E-state index in [1.54, 1.807) is 0 Å². The minimum absolute atomic E-state index is 0.842. The highest BCUT2D eigenvalue weighted by molar-refractivity contribution is 5.69. The predicted octanol–water partition coefficient (Wildman–Crippen LogP) is 2.93. The maximum atomic E-state index is 5.85. The summed E-state index contributed by atoms with van der Waals surface area (Å²) in [5.74, 6) is 0.